The molecular weight excluding hydrogens is 531 g/mol. The summed E-state index contributed by atoms with van der Waals surface area (Å²) in [6.45, 7) is 8.66. The third-order valence-corrected chi connectivity index (χ3v) is 6.92. The van der Waals surface area contributed by atoms with Crippen LogP contribution >= 0.6 is 46.7 Å². The van der Waals surface area contributed by atoms with Crippen molar-refractivity contribution < 1.29 is 4.74 Å². The van der Waals surface area contributed by atoms with Gasteiger partial charge in [0.15, 0.2) is 11.1 Å². The van der Waals surface area contributed by atoms with Crippen molar-refractivity contribution in [1.29, 1.82) is 0 Å². The van der Waals surface area contributed by atoms with Gasteiger partial charge in [-0.25, -0.2) is 9.97 Å². The molecule has 2 aromatic rings. The SMILES string of the molecule is CCNC(=NCCc1csc(N2CCCC2)n1)N(C)Cc1csc(C(C)OC)n1.I. The van der Waals surface area contributed by atoms with Crippen LogP contribution in [0.2, 0.25) is 0 Å². The number of halogens is 1. The Morgan fingerprint density at radius 2 is 2.00 bits per heavy atom. The minimum absolute atomic E-state index is 0. The summed E-state index contributed by atoms with van der Waals surface area (Å²) in [7, 11) is 3.76. The molecule has 10 heteroatoms. The molecular formula is C20H33IN6OS2. The molecule has 3 heterocycles. The van der Waals surface area contributed by atoms with Gasteiger partial charge in [-0.15, -0.1) is 46.7 Å². The first-order chi connectivity index (χ1) is 14.1. The summed E-state index contributed by atoms with van der Waals surface area (Å²) in [4.78, 5) is 18.8. The van der Waals surface area contributed by atoms with Crippen LogP contribution in [0.4, 0.5) is 5.13 Å². The van der Waals surface area contributed by atoms with E-state index >= 15 is 0 Å². The molecule has 168 valence electrons. The fraction of sp³-hybridized carbons (Fsp3) is 0.650. The summed E-state index contributed by atoms with van der Waals surface area (Å²) in [6.07, 6.45) is 3.45. The summed E-state index contributed by atoms with van der Waals surface area (Å²) in [5.74, 6) is 0.900. The average molecular weight is 565 g/mol. The summed E-state index contributed by atoms with van der Waals surface area (Å²) < 4.78 is 5.36. The largest absolute Gasteiger partial charge is 0.375 e. The number of hydrogen-bond acceptors (Lipinski definition) is 7. The van der Waals surface area contributed by atoms with Gasteiger partial charge >= 0.3 is 0 Å². The fourth-order valence-electron chi connectivity index (χ4n) is 3.21. The Labute approximate surface area is 205 Å². The van der Waals surface area contributed by atoms with E-state index in [1.54, 1.807) is 29.8 Å². The van der Waals surface area contributed by atoms with E-state index in [9.17, 15) is 0 Å². The Morgan fingerprint density at radius 3 is 2.70 bits per heavy atom. The molecule has 2 aromatic heterocycles. The van der Waals surface area contributed by atoms with E-state index in [0.717, 1.165) is 60.1 Å². The number of anilines is 1. The number of nitrogens with one attached hydrogen (secondary N) is 1. The van der Waals surface area contributed by atoms with E-state index in [2.05, 4.69) is 44.8 Å². The summed E-state index contributed by atoms with van der Waals surface area (Å²) in [6, 6.07) is 0. The molecule has 7 nitrogen and oxygen atoms in total. The van der Waals surface area contributed by atoms with Gasteiger partial charge in [0.2, 0.25) is 0 Å². The van der Waals surface area contributed by atoms with E-state index in [0.29, 0.717) is 6.54 Å². The molecule has 0 bridgehead atoms. The van der Waals surface area contributed by atoms with Crippen LogP contribution in [0.5, 0.6) is 0 Å². The van der Waals surface area contributed by atoms with Gasteiger partial charge in [0, 0.05) is 57.5 Å². The molecule has 1 N–H and O–H groups in total. The normalized spacial score (nSPS) is 15.2. The Kier molecular flexibility index (Phi) is 10.8. The van der Waals surface area contributed by atoms with Crippen LogP contribution in [-0.2, 0) is 17.7 Å². The number of guanidine groups is 1. The second-order valence-electron chi connectivity index (χ2n) is 7.21. The maximum absolute atomic E-state index is 5.36. The lowest BCUT2D eigenvalue weighted by Crippen LogP contribution is -2.38. The topological polar surface area (TPSA) is 65.9 Å². The lowest BCUT2D eigenvalue weighted by molar-refractivity contribution is 0.119. The number of aromatic nitrogens is 2. The van der Waals surface area contributed by atoms with E-state index in [1.165, 1.54) is 12.8 Å². The molecule has 1 fully saturated rings. The number of aliphatic imine (C=N–C) groups is 1. The lowest BCUT2D eigenvalue weighted by atomic mass is 10.3. The molecule has 0 spiro atoms. The van der Waals surface area contributed by atoms with Gasteiger partial charge in [-0.1, -0.05) is 0 Å². The van der Waals surface area contributed by atoms with Crippen molar-refractivity contribution in [2.45, 2.75) is 45.8 Å². The van der Waals surface area contributed by atoms with Crippen molar-refractivity contribution in [2.75, 3.05) is 45.2 Å². The molecule has 0 amide bonds. The first kappa shape index (κ1) is 25.3. The minimum atomic E-state index is 0. The number of ether oxygens (including phenoxy) is 1. The highest BCUT2D eigenvalue weighted by molar-refractivity contribution is 14.0. The van der Waals surface area contributed by atoms with Crippen LogP contribution in [0.3, 0.4) is 0 Å². The Balaban J connectivity index is 0.00000320. The van der Waals surface area contributed by atoms with Gasteiger partial charge < -0.3 is 19.9 Å². The molecule has 1 aliphatic heterocycles. The van der Waals surface area contributed by atoms with Gasteiger partial charge in [0.1, 0.15) is 11.1 Å². The monoisotopic (exact) mass is 564 g/mol. The first-order valence-electron chi connectivity index (χ1n) is 10.3. The Morgan fingerprint density at radius 1 is 1.27 bits per heavy atom. The zero-order valence-corrected chi connectivity index (χ0v) is 22.2. The van der Waals surface area contributed by atoms with E-state index in [4.69, 9.17) is 14.7 Å². The van der Waals surface area contributed by atoms with E-state index < -0.39 is 0 Å². The van der Waals surface area contributed by atoms with E-state index in [1.807, 2.05) is 6.92 Å². The third kappa shape index (κ3) is 7.03. The number of thiazole rings is 2. The Hall–Kier alpha value is -0.980. The molecule has 0 radical (unpaired) electrons. The number of nitrogens with zero attached hydrogens (tertiary/aromatic N) is 5. The zero-order valence-electron chi connectivity index (χ0n) is 18.3. The van der Waals surface area contributed by atoms with Crippen LogP contribution in [0.1, 0.15) is 49.2 Å². The molecule has 0 aliphatic carbocycles. The minimum Gasteiger partial charge on any atom is -0.375 e. The van der Waals surface area contributed by atoms with Crippen LogP contribution in [0, 0.1) is 0 Å². The third-order valence-electron chi connectivity index (χ3n) is 4.91. The van der Waals surface area contributed by atoms with Crippen molar-refractivity contribution in [3.63, 3.8) is 0 Å². The van der Waals surface area contributed by atoms with E-state index in [-0.39, 0.29) is 30.1 Å². The molecule has 1 saturated heterocycles. The smallest absolute Gasteiger partial charge is 0.194 e. The van der Waals surface area contributed by atoms with Crippen molar-refractivity contribution >= 4 is 57.7 Å². The highest BCUT2D eigenvalue weighted by atomic mass is 127. The molecule has 30 heavy (non-hydrogen) atoms. The quantitative estimate of drug-likeness (QED) is 0.280. The van der Waals surface area contributed by atoms with Gasteiger partial charge in [-0.2, -0.15) is 0 Å². The number of hydrogen-bond donors (Lipinski definition) is 1. The molecule has 3 rings (SSSR count). The van der Waals surface area contributed by atoms with Crippen molar-refractivity contribution in [3.05, 3.63) is 27.2 Å². The highest BCUT2D eigenvalue weighted by Crippen LogP contribution is 2.24. The standard InChI is InChI=1S/C20H32N6OS2.HI/c1-5-21-19(25(3)12-17-14-28-18(23-17)15(2)27-4)22-9-8-16-13-29-20(24-16)26-10-6-7-11-26;/h13-15H,5-12H2,1-4H3,(H,21,22);1H. The summed E-state index contributed by atoms with van der Waals surface area (Å²) in [5, 5.41) is 9.82. The summed E-state index contributed by atoms with van der Waals surface area (Å²) in [5.41, 5.74) is 2.17. The van der Waals surface area contributed by atoms with Crippen LogP contribution in [0.25, 0.3) is 0 Å². The van der Waals surface area contributed by atoms with Gasteiger partial charge in [0.25, 0.3) is 0 Å². The van der Waals surface area contributed by atoms with Crippen molar-refractivity contribution in [3.8, 4) is 0 Å². The second-order valence-corrected chi connectivity index (χ2v) is 8.94. The number of methoxy groups -OCH3 is 1. The molecule has 0 saturated carbocycles. The lowest BCUT2D eigenvalue weighted by Gasteiger charge is -2.21. The Bertz CT molecular complexity index is 790. The van der Waals surface area contributed by atoms with Crippen LogP contribution in [-0.4, -0.2) is 61.2 Å². The van der Waals surface area contributed by atoms with Crippen LogP contribution in [0.15, 0.2) is 15.8 Å². The average Bonchev–Trinajstić information content (AvgIpc) is 3.47. The summed E-state index contributed by atoms with van der Waals surface area (Å²) >= 11 is 3.40. The maximum atomic E-state index is 5.36. The van der Waals surface area contributed by atoms with Gasteiger partial charge in [-0.05, 0) is 26.7 Å². The first-order valence-corrected chi connectivity index (χ1v) is 12.0. The molecule has 0 aromatic carbocycles. The molecule has 1 aliphatic rings. The second kappa shape index (κ2) is 12.8. The zero-order chi connectivity index (χ0) is 20.6. The van der Waals surface area contributed by atoms with Crippen molar-refractivity contribution in [2.24, 2.45) is 4.99 Å². The van der Waals surface area contributed by atoms with Crippen LogP contribution < -0.4 is 10.2 Å². The predicted octanol–water partition coefficient (Wildman–Crippen LogP) is 4.17. The van der Waals surface area contributed by atoms with Gasteiger partial charge in [-0.3, -0.25) is 4.99 Å². The molecule has 1 unspecified atom stereocenters. The number of rotatable bonds is 9. The van der Waals surface area contributed by atoms with Crippen molar-refractivity contribution in [1.82, 2.24) is 20.2 Å². The fourth-order valence-corrected chi connectivity index (χ4v) is 4.97. The highest BCUT2D eigenvalue weighted by Gasteiger charge is 2.16. The maximum Gasteiger partial charge on any atom is 0.194 e. The predicted molar refractivity (Wildman–Crippen MR) is 138 cm³/mol. The molecule has 1 atom stereocenters. The van der Waals surface area contributed by atoms with Gasteiger partial charge in [0.05, 0.1) is 17.9 Å².